The van der Waals surface area contributed by atoms with Crippen LogP contribution in [-0.2, 0) is 19.1 Å². The van der Waals surface area contributed by atoms with E-state index in [9.17, 15) is 9.59 Å². The molecule has 5 heteroatoms. The minimum atomic E-state index is -0.463. The van der Waals surface area contributed by atoms with Crippen LogP contribution in [0.4, 0.5) is 0 Å². The van der Waals surface area contributed by atoms with Crippen LogP contribution in [0.2, 0.25) is 0 Å². The van der Waals surface area contributed by atoms with E-state index in [0.29, 0.717) is 25.1 Å². The van der Waals surface area contributed by atoms with E-state index in [-0.39, 0.29) is 23.9 Å². The molecule has 2 atom stereocenters. The van der Waals surface area contributed by atoms with Crippen molar-refractivity contribution in [3.63, 3.8) is 0 Å². The van der Waals surface area contributed by atoms with Crippen LogP contribution in [0.3, 0.4) is 0 Å². The molecule has 0 aromatic carbocycles. The average molecular weight is 327 g/mol. The summed E-state index contributed by atoms with van der Waals surface area (Å²) in [6, 6.07) is 0. The summed E-state index contributed by atoms with van der Waals surface area (Å²) in [7, 11) is 0. The Bertz CT molecular complexity index is 398. The fraction of sp³-hybridized carbons (Fsp3) is 0.778. The number of ether oxygens (including phenoxy) is 2. The molecule has 2 unspecified atom stereocenters. The summed E-state index contributed by atoms with van der Waals surface area (Å²) >= 11 is 0. The zero-order chi connectivity index (χ0) is 18.0. The summed E-state index contributed by atoms with van der Waals surface area (Å²) in [5.74, 6) is -0.508. The van der Waals surface area contributed by atoms with Crippen molar-refractivity contribution in [1.29, 1.82) is 0 Å². The van der Waals surface area contributed by atoms with Crippen molar-refractivity contribution in [3.8, 4) is 0 Å². The standard InChI is InChI=1S/C18H33NO4/c1-8-15(12-14(4)17(21)23-18(5,6)7)22-11-9-10-19-16(20)13(2)3/h14-15H,2,8-12H2,1,3-7H3,(H,19,20). The molecule has 134 valence electrons. The van der Waals surface area contributed by atoms with E-state index < -0.39 is 5.60 Å². The number of hydrogen-bond donors (Lipinski definition) is 1. The van der Waals surface area contributed by atoms with Crippen LogP contribution in [-0.4, -0.2) is 36.7 Å². The molecule has 0 aliphatic rings. The molecule has 5 nitrogen and oxygen atoms in total. The molecule has 0 radical (unpaired) electrons. The van der Waals surface area contributed by atoms with Crippen LogP contribution in [0.15, 0.2) is 12.2 Å². The molecule has 0 saturated carbocycles. The molecule has 0 saturated heterocycles. The molecule has 0 aromatic rings. The van der Waals surface area contributed by atoms with Gasteiger partial charge in [-0.2, -0.15) is 0 Å². The first-order valence-corrected chi connectivity index (χ1v) is 8.35. The molecule has 1 N–H and O–H groups in total. The van der Waals surface area contributed by atoms with E-state index in [4.69, 9.17) is 9.47 Å². The molecule has 0 bridgehead atoms. The topological polar surface area (TPSA) is 64.6 Å². The second-order valence-corrected chi connectivity index (χ2v) is 6.96. The molecule has 0 aliphatic heterocycles. The second kappa shape index (κ2) is 10.4. The van der Waals surface area contributed by atoms with E-state index >= 15 is 0 Å². The molecule has 0 aromatic heterocycles. The van der Waals surface area contributed by atoms with E-state index in [1.54, 1.807) is 6.92 Å². The van der Waals surface area contributed by atoms with Gasteiger partial charge in [0.1, 0.15) is 5.60 Å². The Kier molecular flexibility index (Phi) is 9.80. The van der Waals surface area contributed by atoms with Gasteiger partial charge in [-0.15, -0.1) is 0 Å². The SMILES string of the molecule is C=C(C)C(=O)NCCCOC(CC)CC(C)C(=O)OC(C)(C)C. The summed E-state index contributed by atoms with van der Waals surface area (Å²) in [6.07, 6.45) is 2.24. The Morgan fingerprint density at radius 3 is 2.35 bits per heavy atom. The fourth-order valence-corrected chi connectivity index (χ4v) is 1.92. The molecule has 23 heavy (non-hydrogen) atoms. The van der Waals surface area contributed by atoms with Gasteiger partial charge in [0.2, 0.25) is 5.91 Å². The Balaban J connectivity index is 4.04. The smallest absolute Gasteiger partial charge is 0.309 e. The zero-order valence-electron chi connectivity index (χ0n) is 15.5. The van der Waals surface area contributed by atoms with Crippen LogP contribution < -0.4 is 5.32 Å². The number of rotatable bonds is 10. The van der Waals surface area contributed by atoms with Crippen LogP contribution in [0.1, 0.15) is 60.8 Å². The van der Waals surface area contributed by atoms with Gasteiger partial charge < -0.3 is 14.8 Å². The molecule has 0 aliphatic carbocycles. The first-order chi connectivity index (χ1) is 10.6. The van der Waals surface area contributed by atoms with Gasteiger partial charge in [-0.1, -0.05) is 20.4 Å². The lowest BCUT2D eigenvalue weighted by Gasteiger charge is -2.24. The fourth-order valence-electron chi connectivity index (χ4n) is 1.92. The molecule has 0 spiro atoms. The van der Waals surface area contributed by atoms with Crippen molar-refractivity contribution < 1.29 is 19.1 Å². The van der Waals surface area contributed by atoms with Gasteiger partial charge in [-0.3, -0.25) is 9.59 Å². The summed E-state index contributed by atoms with van der Waals surface area (Å²) in [5.41, 5.74) is 0.0404. The molecular formula is C18H33NO4. The van der Waals surface area contributed by atoms with E-state index in [0.717, 1.165) is 12.8 Å². The third-order valence-corrected chi connectivity index (χ3v) is 3.23. The first kappa shape index (κ1) is 21.6. The number of esters is 1. The van der Waals surface area contributed by atoms with Gasteiger partial charge in [-0.25, -0.2) is 0 Å². The monoisotopic (exact) mass is 327 g/mol. The van der Waals surface area contributed by atoms with Crippen molar-refractivity contribution in [2.24, 2.45) is 5.92 Å². The molecule has 0 heterocycles. The number of carbonyl (C=O) groups is 2. The first-order valence-electron chi connectivity index (χ1n) is 8.35. The van der Waals surface area contributed by atoms with Crippen LogP contribution >= 0.6 is 0 Å². The minimum absolute atomic E-state index is 0.0226. The highest BCUT2D eigenvalue weighted by atomic mass is 16.6. The van der Waals surface area contributed by atoms with Gasteiger partial charge >= 0.3 is 5.97 Å². The average Bonchev–Trinajstić information content (AvgIpc) is 2.43. The summed E-state index contributed by atoms with van der Waals surface area (Å²) in [4.78, 5) is 23.3. The van der Waals surface area contributed by atoms with Gasteiger partial charge in [0.25, 0.3) is 0 Å². The Labute approximate surface area is 140 Å². The van der Waals surface area contributed by atoms with Crippen LogP contribution in [0, 0.1) is 5.92 Å². The molecule has 0 fully saturated rings. The largest absolute Gasteiger partial charge is 0.460 e. The van der Waals surface area contributed by atoms with Crippen molar-refractivity contribution in [2.75, 3.05) is 13.2 Å². The lowest BCUT2D eigenvalue weighted by atomic mass is 10.0. The quantitative estimate of drug-likeness (QED) is 0.380. The number of nitrogens with one attached hydrogen (secondary N) is 1. The third-order valence-electron chi connectivity index (χ3n) is 3.23. The lowest BCUT2D eigenvalue weighted by Crippen LogP contribution is -2.30. The van der Waals surface area contributed by atoms with Gasteiger partial charge in [0.05, 0.1) is 12.0 Å². The number of amides is 1. The molecule has 1 amide bonds. The minimum Gasteiger partial charge on any atom is -0.460 e. The maximum atomic E-state index is 12.0. The van der Waals surface area contributed by atoms with Crippen molar-refractivity contribution in [1.82, 2.24) is 5.32 Å². The van der Waals surface area contributed by atoms with E-state index in [1.165, 1.54) is 0 Å². The second-order valence-electron chi connectivity index (χ2n) is 6.96. The Morgan fingerprint density at radius 2 is 1.87 bits per heavy atom. The van der Waals surface area contributed by atoms with Crippen LogP contribution in [0.25, 0.3) is 0 Å². The lowest BCUT2D eigenvalue weighted by molar-refractivity contribution is -0.160. The van der Waals surface area contributed by atoms with Crippen molar-refractivity contribution >= 4 is 11.9 Å². The van der Waals surface area contributed by atoms with E-state index in [2.05, 4.69) is 11.9 Å². The normalized spacial score (nSPS) is 14.0. The Morgan fingerprint density at radius 1 is 1.26 bits per heavy atom. The summed E-state index contributed by atoms with van der Waals surface area (Å²) in [6.45, 7) is 15.9. The maximum absolute atomic E-state index is 12.0. The van der Waals surface area contributed by atoms with Crippen molar-refractivity contribution in [3.05, 3.63) is 12.2 Å². The third kappa shape index (κ3) is 10.9. The summed E-state index contributed by atoms with van der Waals surface area (Å²) in [5, 5.41) is 2.77. The predicted octanol–water partition coefficient (Wildman–Crippen LogP) is 3.23. The predicted molar refractivity (Wildman–Crippen MR) is 92.1 cm³/mol. The van der Waals surface area contributed by atoms with E-state index in [1.807, 2.05) is 34.6 Å². The zero-order valence-corrected chi connectivity index (χ0v) is 15.5. The molecule has 0 rings (SSSR count). The maximum Gasteiger partial charge on any atom is 0.309 e. The van der Waals surface area contributed by atoms with Crippen LogP contribution in [0.5, 0.6) is 0 Å². The van der Waals surface area contributed by atoms with Gasteiger partial charge in [0, 0.05) is 18.7 Å². The summed E-state index contributed by atoms with van der Waals surface area (Å²) < 4.78 is 11.2. The highest BCUT2D eigenvalue weighted by molar-refractivity contribution is 5.91. The Hall–Kier alpha value is -1.36. The number of hydrogen-bond acceptors (Lipinski definition) is 4. The highest BCUT2D eigenvalue weighted by Crippen LogP contribution is 2.17. The highest BCUT2D eigenvalue weighted by Gasteiger charge is 2.24. The van der Waals surface area contributed by atoms with Crippen molar-refractivity contribution in [2.45, 2.75) is 72.5 Å². The molecular weight excluding hydrogens is 294 g/mol. The van der Waals surface area contributed by atoms with Gasteiger partial charge in [0.15, 0.2) is 0 Å². The number of carbonyl (C=O) groups excluding carboxylic acids is 2. The van der Waals surface area contributed by atoms with Gasteiger partial charge in [-0.05, 0) is 47.0 Å².